The van der Waals surface area contributed by atoms with E-state index in [4.69, 9.17) is 16.3 Å². The Morgan fingerprint density at radius 1 is 1.15 bits per heavy atom. The van der Waals surface area contributed by atoms with Gasteiger partial charge in [-0.25, -0.2) is 4.98 Å². The lowest BCUT2D eigenvalue weighted by Gasteiger charge is -2.14. The van der Waals surface area contributed by atoms with Gasteiger partial charge in [0.15, 0.2) is 0 Å². The number of pyridine rings is 1. The van der Waals surface area contributed by atoms with Crippen LogP contribution in [0.3, 0.4) is 0 Å². The lowest BCUT2D eigenvalue weighted by molar-refractivity contribution is 0.397. The average molecular weight is 291 g/mol. The molecule has 1 atom stereocenters. The SMILES string of the molecule is COc1ccc(CNC(C)Cc2ccc(Cl)cc2)cn1. The minimum absolute atomic E-state index is 0.387. The van der Waals surface area contributed by atoms with Crippen molar-refractivity contribution in [2.24, 2.45) is 0 Å². The highest BCUT2D eigenvalue weighted by molar-refractivity contribution is 6.30. The van der Waals surface area contributed by atoms with Crippen LogP contribution in [-0.2, 0) is 13.0 Å². The van der Waals surface area contributed by atoms with Gasteiger partial charge in [-0.2, -0.15) is 0 Å². The monoisotopic (exact) mass is 290 g/mol. The van der Waals surface area contributed by atoms with Gasteiger partial charge in [0.05, 0.1) is 7.11 Å². The maximum atomic E-state index is 5.88. The molecule has 1 N–H and O–H groups in total. The van der Waals surface area contributed by atoms with Gasteiger partial charge in [-0.05, 0) is 36.6 Å². The quantitative estimate of drug-likeness (QED) is 0.884. The molecule has 1 aromatic carbocycles. The van der Waals surface area contributed by atoms with E-state index in [0.29, 0.717) is 11.9 Å². The smallest absolute Gasteiger partial charge is 0.212 e. The molecule has 0 spiro atoms. The van der Waals surface area contributed by atoms with E-state index in [9.17, 15) is 0 Å². The largest absolute Gasteiger partial charge is 0.481 e. The Kier molecular flexibility index (Phi) is 5.39. The molecule has 0 saturated heterocycles. The third kappa shape index (κ3) is 4.51. The molecule has 0 radical (unpaired) electrons. The van der Waals surface area contributed by atoms with Crippen LogP contribution in [-0.4, -0.2) is 18.1 Å². The molecular weight excluding hydrogens is 272 g/mol. The fourth-order valence-corrected chi connectivity index (χ4v) is 2.10. The number of ether oxygens (including phenoxy) is 1. The molecule has 2 rings (SSSR count). The highest BCUT2D eigenvalue weighted by Crippen LogP contribution is 2.11. The summed E-state index contributed by atoms with van der Waals surface area (Å²) in [5, 5.41) is 4.26. The Morgan fingerprint density at radius 3 is 2.45 bits per heavy atom. The standard InChI is InChI=1S/C16H19ClN2O/c1-12(9-13-3-6-15(17)7-4-13)18-10-14-5-8-16(20-2)19-11-14/h3-8,11-12,18H,9-10H2,1-2H3. The van der Waals surface area contributed by atoms with Crippen molar-refractivity contribution in [2.75, 3.05) is 7.11 Å². The summed E-state index contributed by atoms with van der Waals surface area (Å²) < 4.78 is 5.04. The van der Waals surface area contributed by atoms with Gasteiger partial charge in [0, 0.05) is 29.9 Å². The van der Waals surface area contributed by atoms with Crippen LogP contribution in [0.5, 0.6) is 5.88 Å². The van der Waals surface area contributed by atoms with Crippen molar-refractivity contribution < 1.29 is 4.74 Å². The highest BCUT2D eigenvalue weighted by Gasteiger charge is 2.04. The summed E-state index contributed by atoms with van der Waals surface area (Å²) in [4.78, 5) is 4.19. The first kappa shape index (κ1) is 14.8. The van der Waals surface area contributed by atoms with E-state index in [-0.39, 0.29) is 0 Å². The first-order chi connectivity index (χ1) is 9.67. The summed E-state index contributed by atoms with van der Waals surface area (Å²) in [7, 11) is 1.62. The minimum Gasteiger partial charge on any atom is -0.481 e. The molecule has 0 aliphatic carbocycles. The number of nitrogens with zero attached hydrogens (tertiary/aromatic N) is 1. The summed E-state index contributed by atoms with van der Waals surface area (Å²) >= 11 is 5.88. The van der Waals surface area contributed by atoms with Gasteiger partial charge in [0.2, 0.25) is 5.88 Å². The zero-order valence-corrected chi connectivity index (χ0v) is 12.5. The first-order valence-electron chi connectivity index (χ1n) is 6.64. The molecule has 0 aliphatic rings. The van der Waals surface area contributed by atoms with Crippen LogP contribution in [0.15, 0.2) is 42.6 Å². The second kappa shape index (κ2) is 7.27. The van der Waals surface area contributed by atoms with Crippen molar-refractivity contribution in [3.8, 4) is 5.88 Å². The lowest BCUT2D eigenvalue weighted by atomic mass is 10.1. The predicted octanol–water partition coefficient (Wildman–Crippen LogP) is 3.46. The van der Waals surface area contributed by atoms with E-state index >= 15 is 0 Å². The molecular formula is C16H19ClN2O. The Morgan fingerprint density at radius 2 is 1.85 bits per heavy atom. The summed E-state index contributed by atoms with van der Waals surface area (Å²) in [6.07, 6.45) is 2.81. The van der Waals surface area contributed by atoms with E-state index in [0.717, 1.165) is 23.6 Å². The van der Waals surface area contributed by atoms with Crippen LogP contribution in [0.1, 0.15) is 18.1 Å². The van der Waals surface area contributed by atoms with Crippen LogP contribution in [0.4, 0.5) is 0 Å². The van der Waals surface area contributed by atoms with Crippen LogP contribution in [0.25, 0.3) is 0 Å². The topological polar surface area (TPSA) is 34.1 Å². The number of rotatable bonds is 6. The van der Waals surface area contributed by atoms with Crippen LogP contribution in [0, 0.1) is 0 Å². The van der Waals surface area contributed by atoms with Crippen molar-refractivity contribution in [1.82, 2.24) is 10.3 Å². The van der Waals surface area contributed by atoms with Gasteiger partial charge in [0.1, 0.15) is 0 Å². The molecule has 0 saturated carbocycles. The lowest BCUT2D eigenvalue weighted by Crippen LogP contribution is -2.27. The van der Waals surface area contributed by atoms with Crippen molar-refractivity contribution >= 4 is 11.6 Å². The molecule has 20 heavy (non-hydrogen) atoms. The number of hydrogen-bond acceptors (Lipinski definition) is 3. The van der Waals surface area contributed by atoms with Gasteiger partial charge in [-0.1, -0.05) is 29.8 Å². The number of halogens is 1. The molecule has 3 nitrogen and oxygen atoms in total. The Bertz CT molecular complexity index is 525. The molecule has 0 aliphatic heterocycles. The molecule has 0 amide bonds. The number of benzene rings is 1. The molecule has 0 fully saturated rings. The second-order valence-electron chi connectivity index (χ2n) is 4.82. The van der Waals surface area contributed by atoms with Crippen LogP contribution in [0.2, 0.25) is 5.02 Å². The third-order valence-corrected chi connectivity index (χ3v) is 3.37. The molecule has 1 aromatic heterocycles. The minimum atomic E-state index is 0.387. The van der Waals surface area contributed by atoms with Crippen molar-refractivity contribution in [3.63, 3.8) is 0 Å². The number of nitrogens with one attached hydrogen (secondary N) is 1. The fourth-order valence-electron chi connectivity index (χ4n) is 1.97. The normalized spacial score (nSPS) is 12.2. The van der Waals surface area contributed by atoms with Crippen molar-refractivity contribution in [2.45, 2.75) is 25.9 Å². The summed E-state index contributed by atoms with van der Waals surface area (Å²) in [5.74, 6) is 0.642. The van der Waals surface area contributed by atoms with Crippen LogP contribution >= 0.6 is 11.6 Å². The predicted molar refractivity (Wildman–Crippen MR) is 82.2 cm³/mol. The van der Waals surface area contributed by atoms with Gasteiger partial charge in [-0.15, -0.1) is 0 Å². The zero-order chi connectivity index (χ0) is 14.4. The van der Waals surface area contributed by atoms with Crippen molar-refractivity contribution in [3.05, 3.63) is 58.7 Å². The Labute approximate surface area is 124 Å². The highest BCUT2D eigenvalue weighted by atomic mass is 35.5. The van der Waals surface area contributed by atoms with Crippen LogP contribution < -0.4 is 10.1 Å². The molecule has 1 heterocycles. The zero-order valence-electron chi connectivity index (χ0n) is 11.8. The van der Waals surface area contributed by atoms with Gasteiger partial charge >= 0.3 is 0 Å². The number of hydrogen-bond donors (Lipinski definition) is 1. The van der Waals surface area contributed by atoms with Gasteiger partial charge < -0.3 is 10.1 Å². The number of methoxy groups -OCH3 is 1. The molecule has 1 unspecified atom stereocenters. The number of aromatic nitrogens is 1. The third-order valence-electron chi connectivity index (χ3n) is 3.12. The molecule has 4 heteroatoms. The van der Waals surface area contributed by atoms with E-state index < -0.39 is 0 Å². The van der Waals surface area contributed by atoms with E-state index in [2.05, 4.69) is 29.4 Å². The summed E-state index contributed by atoms with van der Waals surface area (Å²) in [5.41, 5.74) is 2.43. The summed E-state index contributed by atoms with van der Waals surface area (Å²) in [6.45, 7) is 2.97. The van der Waals surface area contributed by atoms with E-state index in [1.54, 1.807) is 7.11 Å². The van der Waals surface area contributed by atoms with Gasteiger partial charge in [-0.3, -0.25) is 0 Å². The maximum Gasteiger partial charge on any atom is 0.212 e. The summed E-state index contributed by atoms with van der Waals surface area (Å²) in [6, 6.07) is 12.3. The van der Waals surface area contributed by atoms with Crippen molar-refractivity contribution in [1.29, 1.82) is 0 Å². The van der Waals surface area contributed by atoms with Gasteiger partial charge in [0.25, 0.3) is 0 Å². The van der Waals surface area contributed by atoms with E-state index in [1.807, 2.05) is 30.5 Å². The second-order valence-corrected chi connectivity index (χ2v) is 5.26. The molecule has 2 aromatic rings. The Balaban J connectivity index is 1.82. The fraction of sp³-hybridized carbons (Fsp3) is 0.312. The first-order valence-corrected chi connectivity index (χ1v) is 7.02. The Hall–Kier alpha value is -1.58. The maximum absolute atomic E-state index is 5.88. The average Bonchev–Trinajstić information content (AvgIpc) is 2.48. The molecule has 0 bridgehead atoms. The van der Waals surface area contributed by atoms with E-state index in [1.165, 1.54) is 5.56 Å². The molecule has 106 valence electrons.